The van der Waals surface area contributed by atoms with E-state index in [1.165, 1.54) is 16.7 Å². The highest BCUT2D eigenvalue weighted by atomic mass is 16.5. The molecule has 0 aliphatic rings. The summed E-state index contributed by atoms with van der Waals surface area (Å²) < 4.78 is 5.80. The topological polar surface area (TPSA) is 21.3 Å². The molecule has 1 N–H and O–H groups in total. The maximum absolute atomic E-state index is 5.80. The minimum Gasteiger partial charge on any atom is -0.491 e. The zero-order valence-corrected chi connectivity index (χ0v) is 13.4. The van der Waals surface area contributed by atoms with Gasteiger partial charge in [-0.1, -0.05) is 43.3 Å². The summed E-state index contributed by atoms with van der Waals surface area (Å²) >= 11 is 0. The van der Waals surface area contributed by atoms with Crippen LogP contribution in [0.2, 0.25) is 0 Å². The summed E-state index contributed by atoms with van der Waals surface area (Å²) in [5.41, 5.74) is 3.88. The lowest BCUT2D eigenvalue weighted by molar-refractivity contribution is 0.242. The largest absolute Gasteiger partial charge is 0.491 e. The molecule has 0 amide bonds. The quantitative estimate of drug-likeness (QED) is 0.851. The number of aryl methyl sites for hydroxylation is 1. The van der Waals surface area contributed by atoms with Gasteiger partial charge in [-0.3, -0.25) is 0 Å². The Balaban J connectivity index is 2.32. The third-order valence-corrected chi connectivity index (χ3v) is 3.54. The fourth-order valence-electron chi connectivity index (χ4n) is 2.56. The Morgan fingerprint density at radius 3 is 2.29 bits per heavy atom. The van der Waals surface area contributed by atoms with E-state index in [4.69, 9.17) is 4.74 Å². The summed E-state index contributed by atoms with van der Waals surface area (Å²) in [7, 11) is 2.00. The highest BCUT2D eigenvalue weighted by molar-refractivity contribution is 5.38. The summed E-state index contributed by atoms with van der Waals surface area (Å²) in [4.78, 5) is 0. The van der Waals surface area contributed by atoms with E-state index >= 15 is 0 Å². The normalized spacial score (nSPS) is 12.4. The molecule has 0 spiro atoms. The number of hydrogen-bond donors (Lipinski definition) is 1. The van der Waals surface area contributed by atoms with Crippen LogP contribution in [0.1, 0.15) is 43.5 Å². The van der Waals surface area contributed by atoms with Gasteiger partial charge >= 0.3 is 0 Å². The van der Waals surface area contributed by atoms with Gasteiger partial charge in [-0.15, -0.1) is 0 Å². The molecule has 112 valence electrons. The molecule has 0 heterocycles. The molecule has 0 aromatic heterocycles. The second kappa shape index (κ2) is 7.28. The van der Waals surface area contributed by atoms with Crippen molar-refractivity contribution in [3.8, 4) is 5.75 Å². The van der Waals surface area contributed by atoms with Gasteiger partial charge in [0, 0.05) is 0 Å². The molecule has 21 heavy (non-hydrogen) atoms. The van der Waals surface area contributed by atoms with Crippen LogP contribution in [0.3, 0.4) is 0 Å². The predicted octanol–water partition coefficient (Wildman–Crippen LogP) is 4.35. The van der Waals surface area contributed by atoms with Gasteiger partial charge in [-0.05, 0) is 56.1 Å². The third kappa shape index (κ3) is 4.08. The zero-order chi connectivity index (χ0) is 15.2. The van der Waals surface area contributed by atoms with Gasteiger partial charge in [0.05, 0.1) is 12.1 Å². The average Bonchev–Trinajstić information content (AvgIpc) is 2.48. The third-order valence-electron chi connectivity index (χ3n) is 3.54. The Morgan fingerprint density at radius 1 is 1.00 bits per heavy atom. The molecule has 1 unspecified atom stereocenters. The minimum atomic E-state index is 0.187. The van der Waals surface area contributed by atoms with E-state index in [9.17, 15) is 0 Å². The summed E-state index contributed by atoms with van der Waals surface area (Å²) in [5.74, 6) is 0.925. The second-order valence-corrected chi connectivity index (χ2v) is 5.56. The van der Waals surface area contributed by atoms with E-state index in [2.05, 4.69) is 54.7 Å². The van der Waals surface area contributed by atoms with Crippen LogP contribution in [0.15, 0.2) is 48.5 Å². The van der Waals surface area contributed by atoms with Crippen molar-refractivity contribution >= 4 is 0 Å². The second-order valence-electron chi connectivity index (χ2n) is 5.56. The molecule has 2 aromatic carbocycles. The zero-order valence-electron chi connectivity index (χ0n) is 13.4. The van der Waals surface area contributed by atoms with Gasteiger partial charge < -0.3 is 10.1 Å². The Kier molecular flexibility index (Phi) is 5.40. The van der Waals surface area contributed by atoms with Gasteiger partial charge in [0.15, 0.2) is 0 Å². The van der Waals surface area contributed by atoms with Crippen molar-refractivity contribution in [3.63, 3.8) is 0 Å². The highest BCUT2D eigenvalue weighted by Gasteiger charge is 2.13. The molecule has 0 saturated carbocycles. The van der Waals surface area contributed by atoms with E-state index in [0.717, 1.165) is 12.2 Å². The monoisotopic (exact) mass is 283 g/mol. The summed E-state index contributed by atoms with van der Waals surface area (Å²) in [6.45, 7) is 6.28. The van der Waals surface area contributed by atoms with Gasteiger partial charge in [0.25, 0.3) is 0 Å². The number of hydrogen-bond acceptors (Lipinski definition) is 2. The van der Waals surface area contributed by atoms with Crippen LogP contribution in [-0.2, 0) is 6.42 Å². The van der Waals surface area contributed by atoms with Crippen LogP contribution >= 0.6 is 0 Å². The lowest BCUT2D eigenvalue weighted by atomic mass is 9.96. The van der Waals surface area contributed by atoms with Gasteiger partial charge in [0.2, 0.25) is 0 Å². The standard InChI is InChI=1S/C19H25NO/c1-5-15-8-6-9-16(12-15)19(20-4)17-10-7-11-18(13-17)21-14(2)3/h6-14,19-20H,5H2,1-4H3. The molecular weight excluding hydrogens is 258 g/mol. The number of nitrogens with one attached hydrogen (secondary N) is 1. The molecule has 2 rings (SSSR count). The number of ether oxygens (including phenoxy) is 1. The van der Waals surface area contributed by atoms with Crippen LogP contribution < -0.4 is 10.1 Å². The molecule has 0 aliphatic heterocycles. The highest BCUT2D eigenvalue weighted by Crippen LogP contribution is 2.26. The number of benzene rings is 2. The first kappa shape index (κ1) is 15.6. The first-order chi connectivity index (χ1) is 10.1. The molecule has 0 fully saturated rings. The molecule has 0 bridgehead atoms. The van der Waals surface area contributed by atoms with Crippen molar-refractivity contribution in [2.45, 2.75) is 39.3 Å². The number of rotatable bonds is 6. The maximum Gasteiger partial charge on any atom is 0.120 e. The molecule has 0 saturated heterocycles. The smallest absolute Gasteiger partial charge is 0.120 e. The van der Waals surface area contributed by atoms with Gasteiger partial charge in [-0.2, -0.15) is 0 Å². The Morgan fingerprint density at radius 2 is 1.67 bits per heavy atom. The lowest BCUT2D eigenvalue weighted by Gasteiger charge is -2.19. The summed E-state index contributed by atoms with van der Waals surface area (Å²) in [5, 5.41) is 3.41. The van der Waals surface area contributed by atoms with E-state index in [0.29, 0.717) is 0 Å². The molecule has 2 heteroatoms. The first-order valence-corrected chi connectivity index (χ1v) is 7.66. The Bertz CT molecular complexity index is 577. The first-order valence-electron chi connectivity index (χ1n) is 7.66. The van der Waals surface area contributed by atoms with E-state index in [1.54, 1.807) is 0 Å². The SMILES string of the molecule is CCc1cccc(C(NC)c2cccc(OC(C)C)c2)c1. The van der Waals surface area contributed by atoms with Crippen LogP contribution in [0.5, 0.6) is 5.75 Å². The Hall–Kier alpha value is -1.80. The van der Waals surface area contributed by atoms with E-state index in [-0.39, 0.29) is 12.1 Å². The lowest BCUT2D eigenvalue weighted by Crippen LogP contribution is -2.18. The van der Waals surface area contributed by atoms with Crippen molar-refractivity contribution in [3.05, 3.63) is 65.2 Å². The van der Waals surface area contributed by atoms with E-state index < -0.39 is 0 Å². The van der Waals surface area contributed by atoms with E-state index in [1.807, 2.05) is 27.0 Å². The van der Waals surface area contributed by atoms with Crippen LogP contribution in [-0.4, -0.2) is 13.2 Å². The Labute approximate surface area is 128 Å². The minimum absolute atomic E-state index is 0.187. The van der Waals surface area contributed by atoms with Crippen molar-refractivity contribution < 1.29 is 4.74 Å². The summed E-state index contributed by atoms with van der Waals surface area (Å²) in [6.07, 6.45) is 1.25. The molecule has 0 aliphatic carbocycles. The van der Waals surface area contributed by atoms with Gasteiger partial charge in [0.1, 0.15) is 5.75 Å². The van der Waals surface area contributed by atoms with Crippen molar-refractivity contribution in [1.82, 2.24) is 5.32 Å². The molecule has 0 radical (unpaired) electrons. The molecular formula is C19H25NO. The molecule has 2 aromatic rings. The van der Waals surface area contributed by atoms with Crippen LogP contribution in [0.4, 0.5) is 0 Å². The van der Waals surface area contributed by atoms with Gasteiger partial charge in [-0.25, -0.2) is 0 Å². The fourth-order valence-corrected chi connectivity index (χ4v) is 2.56. The maximum atomic E-state index is 5.80. The van der Waals surface area contributed by atoms with Crippen molar-refractivity contribution in [2.24, 2.45) is 0 Å². The fraction of sp³-hybridized carbons (Fsp3) is 0.368. The molecule has 2 nitrogen and oxygen atoms in total. The average molecular weight is 283 g/mol. The predicted molar refractivity (Wildman–Crippen MR) is 88.9 cm³/mol. The summed E-state index contributed by atoms with van der Waals surface area (Å²) in [6, 6.07) is 17.3. The van der Waals surface area contributed by atoms with Crippen LogP contribution in [0.25, 0.3) is 0 Å². The van der Waals surface area contributed by atoms with Crippen molar-refractivity contribution in [1.29, 1.82) is 0 Å². The molecule has 1 atom stereocenters. The van der Waals surface area contributed by atoms with Crippen LogP contribution in [0, 0.1) is 0 Å². The van der Waals surface area contributed by atoms with Crippen molar-refractivity contribution in [2.75, 3.05) is 7.05 Å².